The molecule has 1 heterocycles. The number of hydrogen-bond acceptors (Lipinski definition) is 3. The summed E-state index contributed by atoms with van der Waals surface area (Å²) in [5.74, 6) is 0. The van der Waals surface area contributed by atoms with Crippen LogP contribution in [0.15, 0.2) is 27.8 Å². The number of thioether (sulfide) groups is 1. The van der Waals surface area contributed by atoms with Crippen LogP contribution in [0.3, 0.4) is 0 Å². The van der Waals surface area contributed by atoms with E-state index in [1.54, 1.807) is 0 Å². The fourth-order valence-corrected chi connectivity index (χ4v) is 3.12. The second-order valence-corrected chi connectivity index (χ2v) is 5.86. The van der Waals surface area contributed by atoms with Crippen LogP contribution in [-0.2, 0) is 0 Å². The predicted molar refractivity (Wildman–Crippen MR) is 63.4 cm³/mol. The molecule has 4 heteroatoms. The van der Waals surface area contributed by atoms with Crippen LogP contribution in [0.1, 0.15) is 19.3 Å². The highest BCUT2D eigenvalue weighted by Crippen LogP contribution is 2.33. The first-order valence-electron chi connectivity index (χ1n) is 4.78. The summed E-state index contributed by atoms with van der Waals surface area (Å²) >= 11 is 5.23. The van der Waals surface area contributed by atoms with Crippen LogP contribution in [0, 0.1) is 0 Å². The Kier molecular flexibility index (Phi) is 3.47. The molecule has 2 atom stereocenters. The average molecular weight is 273 g/mol. The highest BCUT2D eigenvalue weighted by molar-refractivity contribution is 9.10. The molecule has 76 valence electrons. The van der Waals surface area contributed by atoms with Crippen LogP contribution in [0.2, 0.25) is 0 Å². The van der Waals surface area contributed by atoms with E-state index in [1.165, 1.54) is 6.42 Å². The maximum Gasteiger partial charge on any atom is 0.0963 e. The normalized spacial score (nSPS) is 26.7. The van der Waals surface area contributed by atoms with Gasteiger partial charge in [-0.2, -0.15) is 0 Å². The van der Waals surface area contributed by atoms with Gasteiger partial charge in [0.05, 0.1) is 5.03 Å². The van der Waals surface area contributed by atoms with E-state index in [4.69, 9.17) is 5.73 Å². The van der Waals surface area contributed by atoms with Crippen molar-refractivity contribution >= 4 is 27.7 Å². The van der Waals surface area contributed by atoms with E-state index in [1.807, 2.05) is 24.0 Å². The zero-order valence-electron chi connectivity index (χ0n) is 7.82. The summed E-state index contributed by atoms with van der Waals surface area (Å²) in [6.45, 7) is 0. The quantitative estimate of drug-likeness (QED) is 0.900. The van der Waals surface area contributed by atoms with Crippen molar-refractivity contribution in [2.45, 2.75) is 35.6 Å². The molecule has 0 saturated heterocycles. The Morgan fingerprint density at radius 2 is 2.29 bits per heavy atom. The first kappa shape index (κ1) is 10.5. The van der Waals surface area contributed by atoms with Gasteiger partial charge in [0.1, 0.15) is 0 Å². The molecule has 14 heavy (non-hydrogen) atoms. The number of halogens is 1. The van der Waals surface area contributed by atoms with Crippen molar-refractivity contribution in [1.82, 2.24) is 4.98 Å². The van der Waals surface area contributed by atoms with Gasteiger partial charge < -0.3 is 5.73 Å². The molecule has 1 aliphatic rings. The lowest BCUT2D eigenvalue weighted by Gasteiger charge is -2.07. The average Bonchev–Trinajstić information content (AvgIpc) is 2.56. The second kappa shape index (κ2) is 4.64. The summed E-state index contributed by atoms with van der Waals surface area (Å²) in [7, 11) is 0. The molecular formula is C10H13BrN2S. The zero-order valence-corrected chi connectivity index (χ0v) is 10.2. The van der Waals surface area contributed by atoms with Crippen LogP contribution < -0.4 is 5.73 Å². The first-order chi connectivity index (χ1) is 6.74. The summed E-state index contributed by atoms with van der Waals surface area (Å²) in [6.07, 6.45) is 5.36. The van der Waals surface area contributed by atoms with E-state index in [-0.39, 0.29) is 0 Å². The van der Waals surface area contributed by atoms with Crippen molar-refractivity contribution in [2.75, 3.05) is 0 Å². The third kappa shape index (κ3) is 2.72. The highest BCUT2D eigenvalue weighted by Gasteiger charge is 2.22. The second-order valence-electron chi connectivity index (χ2n) is 3.63. The molecule has 1 aromatic heterocycles. The maximum atomic E-state index is 5.86. The number of hydrogen-bond donors (Lipinski definition) is 1. The van der Waals surface area contributed by atoms with Gasteiger partial charge in [-0.25, -0.2) is 4.98 Å². The van der Waals surface area contributed by atoms with E-state index in [0.717, 1.165) is 22.3 Å². The topological polar surface area (TPSA) is 38.9 Å². The molecule has 2 rings (SSSR count). The summed E-state index contributed by atoms with van der Waals surface area (Å²) in [5, 5.41) is 1.77. The largest absolute Gasteiger partial charge is 0.328 e. The monoisotopic (exact) mass is 272 g/mol. The summed E-state index contributed by atoms with van der Waals surface area (Å²) in [5.41, 5.74) is 5.86. The standard InChI is InChI=1S/C10H13BrN2S/c11-7-1-4-10(13-6-7)14-9-3-2-8(12)5-9/h1,4,6,8-9H,2-3,5,12H2. The molecule has 1 aromatic rings. The molecule has 0 radical (unpaired) electrons. The van der Waals surface area contributed by atoms with Gasteiger partial charge >= 0.3 is 0 Å². The molecular weight excluding hydrogens is 260 g/mol. The Labute approximate surface area is 96.8 Å². The Balaban J connectivity index is 1.94. The highest BCUT2D eigenvalue weighted by atomic mass is 79.9. The van der Waals surface area contributed by atoms with Gasteiger partial charge in [0, 0.05) is 22.0 Å². The Hall–Kier alpha value is -0.0600. The van der Waals surface area contributed by atoms with E-state index in [9.17, 15) is 0 Å². The van der Waals surface area contributed by atoms with Gasteiger partial charge in [-0.15, -0.1) is 11.8 Å². The van der Waals surface area contributed by atoms with Crippen molar-refractivity contribution in [1.29, 1.82) is 0 Å². The number of rotatable bonds is 2. The SMILES string of the molecule is NC1CCC(Sc2ccc(Br)cn2)C1. The molecule has 0 bridgehead atoms. The number of nitrogens with two attached hydrogens (primary N) is 1. The molecule has 2 N–H and O–H groups in total. The van der Waals surface area contributed by atoms with Crippen molar-refractivity contribution in [2.24, 2.45) is 5.73 Å². The Bertz CT molecular complexity index is 301. The number of pyridine rings is 1. The molecule has 0 spiro atoms. The maximum absolute atomic E-state index is 5.86. The minimum atomic E-state index is 0.406. The van der Waals surface area contributed by atoms with Crippen molar-refractivity contribution in [3.8, 4) is 0 Å². The molecule has 1 aliphatic carbocycles. The summed E-state index contributed by atoms with van der Waals surface area (Å²) < 4.78 is 1.03. The molecule has 2 nitrogen and oxygen atoms in total. The van der Waals surface area contributed by atoms with Gasteiger partial charge in [-0.1, -0.05) is 0 Å². The molecule has 0 aromatic carbocycles. The lowest BCUT2D eigenvalue weighted by atomic mass is 10.3. The summed E-state index contributed by atoms with van der Waals surface area (Å²) in [4.78, 5) is 4.34. The fraction of sp³-hybridized carbons (Fsp3) is 0.500. The van der Waals surface area contributed by atoms with Crippen LogP contribution >= 0.6 is 27.7 Å². The van der Waals surface area contributed by atoms with Crippen molar-refractivity contribution in [3.05, 3.63) is 22.8 Å². The van der Waals surface area contributed by atoms with E-state index < -0.39 is 0 Å². The van der Waals surface area contributed by atoms with Crippen LogP contribution in [0.25, 0.3) is 0 Å². The molecule has 1 saturated carbocycles. The van der Waals surface area contributed by atoms with Crippen LogP contribution in [0.5, 0.6) is 0 Å². The molecule has 2 unspecified atom stereocenters. The van der Waals surface area contributed by atoms with E-state index in [2.05, 4.69) is 27.0 Å². The minimum Gasteiger partial charge on any atom is -0.328 e. The lowest BCUT2D eigenvalue weighted by Crippen LogP contribution is -2.15. The third-order valence-corrected chi connectivity index (χ3v) is 4.13. The van der Waals surface area contributed by atoms with E-state index >= 15 is 0 Å². The van der Waals surface area contributed by atoms with Gasteiger partial charge in [-0.05, 0) is 47.3 Å². The molecule has 0 aliphatic heterocycles. The predicted octanol–water partition coefficient (Wildman–Crippen LogP) is 2.82. The lowest BCUT2D eigenvalue weighted by molar-refractivity contribution is 0.705. The summed E-state index contributed by atoms with van der Waals surface area (Å²) in [6, 6.07) is 4.49. The smallest absolute Gasteiger partial charge is 0.0963 e. The number of nitrogens with zero attached hydrogens (tertiary/aromatic N) is 1. The zero-order chi connectivity index (χ0) is 9.97. The molecule has 1 fully saturated rings. The van der Waals surface area contributed by atoms with Gasteiger partial charge in [0.25, 0.3) is 0 Å². The van der Waals surface area contributed by atoms with Gasteiger partial charge in [0.2, 0.25) is 0 Å². The van der Waals surface area contributed by atoms with Crippen LogP contribution in [0.4, 0.5) is 0 Å². The Morgan fingerprint density at radius 1 is 1.43 bits per heavy atom. The van der Waals surface area contributed by atoms with Crippen molar-refractivity contribution in [3.63, 3.8) is 0 Å². The Morgan fingerprint density at radius 3 is 2.86 bits per heavy atom. The van der Waals surface area contributed by atoms with E-state index in [0.29, 0.717) is 11.3 Å². The van der Waals surface area contributed by atoms with Crippen LogP contribution in [-0.4, -0.2) is 16.3 Å². The first-order valence-corrected chi connectivity index (χ1v) is 6.45. The minimum absolute atomic E-state index is 0.406. The van der Waals surface area contributed by atoms with Gasteiger partial charge in [-0.3, -0.25) is 0 Å². The fourth-order valence-electron chi connectivity index (χ4n) is 1.68. The van der Waals surface area contributed by atoms with Gasteiger partial charge in [0.15, 0.2) is 0 Å². The number of aromatic nitrogens is 1. The third-order valence-electron chi connectivity index (χ3n) is 2.41. The van der Waals surface area contributed by atoms with Crippen molar-refractivity contribution < 1.29 is 0 Å². The molecule has 0 amide bonds.